The van der Waals surface area contributed by atoms with Gasteiger partial charge in [-0.15, -0.1) is 0 Å². The Balaban J connectivity index is 1.70. The fraction of sp³-hybridized carbons (Fsp3) is 0.190. The Bertz CT molecular complexity index is 958. The number of amides is 1. The molecule has 0 aliphatic carbocycles. The second-order valence-electron chi connectivity index (χ2n) is 6.13. The first-order valence-corrected chi connectivity index (χ1v) is 8.77. The number of hydrazone groups is 1. The smallest absolute Gasteiger partial charge is 0.289 e. The number of aryl methyl sites for hydroxylation is 1. The molecule has 0 saturated heterocycles. The highest BCUT2D eigenvalue weighted by Gasteiger charge is 2.11. The van der Waals surface area contributed by atoms with Crippen molar-refractivity contribution >= 4 is 11.6 Å². The molecular weight excluding hydrogens is 340 g/mol. The lowest BCUT2D eigenvalue weighted by Crippen LogP contribution is -2.19. The molecule has 138 valence electrons. The Morgan fingerprint density at radius 3 is 2.70 bits per heavy atom. The summed E-state index contributed by atoms with van der Waals surface area (Å²) in [7, 11) is 0. The molecule has 1 aromatic heterocycles. The van der Waals surface area contributed by atoms with Gasteiger partial charge in [0, 0.05) is 5.56 Å². The quantitative estimate of drug-likeness (QED) is 0.515. The summed E-state index contributed by atoms with van der Waals surface area (Å²) in [6.07, 6.45) is 0. The number of aromatic nitrogens is 2. The van der Waals surface area contributed by atoms with Gasteiger partial charge in [-0.3, -0.25) is 9.89 Å². The number of carbonyl (C=O) groups excluding carboxylic acids is 1. The summed E-state index contributed by atoms with van der Waals surface area (Å²) in [6.45, 7) is 6.40. The highest BCUT2D eigenvalue weighted by atomic mass is 16.5. The SMILES string of the molecule is CCOc1cccc(-c2cc(C(=O)N/N=C(\C)c3ccc(C)cc3)[nH]n2)c1. The van der Waals surface area contributed by atoms with Crippen LogP contribution >= 0.6 is 0 Å². The Hall–Kier alpha value is -3.41. The lowest BCUT2D eigenvalue weighted by Gasteiger charge is -2.03. The van der Waals surface area contributed by atoms with E-state index in [2.05, 4.69) is 20.7 Å². The summed E-state index contributed by atoms with van der Waals surface area (Å²) in [5.74, 6) is 0.420. The summed E-state index contributed by atoms with van der Waals surface area (Å²) >= 11 is 0. The predicted octanol–water partition coefficient (Wildman–Crippen LogP) is 3.94. The average Bonchev–Trinajstić information content (AvgIpc) is 3.17. The molecule has 0 atom stereocenters. The van der Waals surface area contributed by atoms with Gasteiger partial charge in [0.2, 0.25) is 0 Å². The molecule has 0 radical (unpaired) electrons. The third-order valence-corrected chi connectivity index (χ3v) is 4.06. The maximum Gasteiger partial charge on any atom is 0.289 e. The molecule has 27 heavy (non-hydrogen) atoms. The second kappa shape index (κ2) is 8.31. The normalized spacial score (nSPS) is 11.3. The number of H-pyrrole nitrogens is 1. The molecule has 6 heteroatoms. The van der Waals surface area contributed by atoms with Crippen molar-refractivity contribution in [3.63, 3.8) is 0 Å². The zero-order chi connectivity index (χ0) is 19.2. The standard InChI is InChI=1S/C21H22N4O2/c1-4-27-18-7-5-6-17(12-18)19-13-20(24-23-19)21(26)25-22-15(3)16-10-8-14(2)9-11-16/h5-13H,4H2,1-3H3,(H,23,24)(H,25,26)/b22-15+. The van der Waals surface area contributed by atoms with E-state index >= 15 is 0 Å². The van der Waals surface area contributed by atoms with Crippen LogP contribution < -0.4 is 10.2 Å². The Labute approximate surface area is 158 Å². The van der Waals surface area contributed by atoms with E-state index < -0.39 is 0 Å². The summed E-state index contributed by atoms with van der Waals surface area (Å²) < 4.78 is 5.50. The average molecular weight is 362 g/mol. The topological polar surface area (TPSA) is 79.4 Å². The van der Waals surface area contributed by atoms with E-state index in [9.17, 15) is 4.79 Å². The summed E-state index contributed by atoms with van der Waals surface area (Å²) in [5.41, 5.74) is 7.30. The first kappa shape index (κ1) is 18.4. The van der Waals surface area contributed by atoms with Gasteiger partial charge >= 0.3 is 0 Å². The molecule has 2 N–H and O–H groups in total. The molecule has 0 spiro atoms. The van der Waals surface area contributed by atoms with Crippen molar-refractivity contribution < 1.29 is 9.53 Å². The van der Waals surface area contributed by atoms with Gasteiger partial charge in [0.05, 0.1) is 18.0 Å². The molecule has 0 aliphatic heterocycles. The van der Waals surface area contributed by atoms with Gasteiger partial charge in [0.1, 0.15) is 11.4 Å². The molecule has 0 fully saturated rings. The van der Waals surface area contributed by atoms with E-state index in [1.807, 2.05) is 69.3 Å². The number of aromatic amines is 1. The maximum atomic E-state index is 12.3. The van der Waals surface area contributed by atoms with Crippen LogP contribution in [0, 0.1) is 6.92 Å². The van der Waals surface area contributed by atoms with Crippen LogP contribution in [0.3, 0.4) is 0 Å². The van der Waals surface area contributed by atoms with Gasteiger partial charge in [-0.1, -0.05) is 42.0 Å². The van der Waals surface area contributed by atoms with Crippen molar-refractivity contribution in [3.05, 3.63) is 71.4 Å². The van der Waals surface area contributed by atoms with Gasteiger partial charge in [0.15, 0.2) is 0 Å². The van der Waals surface area contributed by atoms with Crippen LogP contribution in [0.2, 0.25) is 0 Å². The van der Waals surface area contributed by atoms with E-state index in [1.165, 1.54) is 5.56 Å². The largest absolute Gasteiger partial charge is 0.494 e. The van der Waals surface area contributed by atoms with Crippen molar-refractivity contribution in [1.29, 1.82) is 0 Å². The third kappa shape index (κ3) is 4.61. The third-order valence-electron chi connectivity index (χ3n) is 4.06. The Kier molecular flexibility index (Phi) is 5.66. The molecule has 1 heterocycles. The number of carbonyl (C=O) groups is 1. The van der Waals surface area contributed by atoms with E-state index in [4.69, 9.17) is 4.74 Å². The van der Waals surface area contributed by atoms with Crippen LogP contribution in [0.5, 0.6) is 5.75 Å². The highest BCUT2D eigenvalue weighted by molar-refractivity contribution is 6.00. The number of nitrogens with one attached hydrogen (secondary N) is 2. The predicted molar refractivity (Wildman–Crippen MR) is 106 cm³/mol. The Morgan fingerprint density at radius 2 is 1.96 bits per heavy atom. The molecule has 0 unspecified atom stereocenters. The lowest BCUT2D eigenvalue weighted by molar-refractivity contribution is 0.0950. The van der Waals surface area contributed by atoms with Crippen LogP contribution in [0.25, 0.3) is 11.3 Å². The Morgan fingerprint density at radius 1 is 1.19 bits per heavy atom. The van der Waals surface area contributed by atoms with E-state index in [0.29, 0.717) is 18.0 Å². The van der Waals surface area contributed by atoms with Crippen molar-refractivity contribution in [3.8, 4) is 17.0 Å². The minimum atomic E-state index is -0.346. The molecule has 2 aromatic carbocycles. The zero-order valence-electron chi connectivity index (χ0n) is 15.6. The lowest BCUT2D eigenvalue weighted by atomic mass is 10.1. The van der Waals surface area contributed by atoms with Crippen LogP contribution in [0.15, 0.2) is 59.7 Å². The molecule has 0 bridgehead atoms. The summed E-state index contributed by atoms with van der Waals surface area (Å²) in [5, 5.41) is 11.1. The van der Waals surface area contributed by atoms with Crippen LogP contribution in [-0.2, 0) is 0 Å². The fourth-order valence-corrected chi connectivity index (χ4v) is 2.55. The summed E-state index contributed by atoms with van der Waals surface area (Å²) in [4.78, 5) is 12.3. The number of hydrogen-bond donors (Lipinski definition) is 2. The van der Waals surface area contributed by atoms with Gasteiger partial charge < -0.3 is 4.74 Å². The fourth-order valence-electron chi connectivity index (χ4n) is 2.55. The number of nitrogens with zero attached hydrogens (tertiary/aromatic N) is 2. The molecular formula is C21H22N4O2. The van der Waals surface area contributed by atoms with Crippen LogP contribution in [-0.4, -0.2) is 28.4 Å². The first-order chi connectivity index (χ1) is 13.1. The van der Waals surface area contributed by atoms with Crippen molar-refractivity contribution in [2.24, 2.45) is 5.10 Å². The van der Waals surface area contributed by atoms with E-state index in [0.717, 1.165) is 22.6 Å². The number of rotatable bonds is 6. The monoisotopic (exact) mass is 362 g/mol. The van der Waals surface area contributed by atoms with Gasteiger partial charge in [-0.2, -0.15) is 10.2 Å². The van der Waals surface area contributed by atoms with Crippen LogP contribution in [0.4, 0.5) is 0 Å². The second-order valence-corrected chi connectivity index (χ2v) is 6.13. The minimum Gasteiger partial charge on any atom is -0.494 e. The highest BCUT2D eigenvalue weighted by Crippen LogP contribution is 2.22. The van der Waals surface area contributed by atoms with Crippen molar-refractivity contribution in [2.45, 2.75) is 20.8 Å². The van der Waals surface area contributed by atoms with Crippen LogP contribution in [0.1, 0.15) is 35.5 Å². The number of benzene rings is 2. The van der Waals surface area contributed by atoms with Crippen molar-refractivity contribution in [1.82, 2.24) is 15.6 Å². The molecule has 0 saturated carbocycles. The molecule has 1 amide bonds. The maximum absolute atomic E-state index is 12.3. The number of hydrogen-bond acceptors (Lipinski definition) is 4. The first-order valence-electron chi connectivity index (χ1n) is 8.77. The minimum absolute atomic E-state index is 0.340. The zero-order valence-corrected chi connectivity index (χ0v) is 15.6. The number of ether oxygens (including phenoxy) is 1. The van der Waals surface area contributed by atoms with E-state index in [-0.39, 0.29) is 5.91 Å². The molecule has 6 nitrogen and oxygen atoms in total. The molecule has 3 rings (SSSR count). The van der Waals surface area contributed by atoms with Gasteiger partial charge in [-0.25, -0.2) is 5.43 Å². The van der Waals surface area contributed by atoms with Gasteiger partial charge in [-0.05, 0) is 44.5 Å². The molecule has 3 aromatic rings. The van der Waals surface area contributed by atoms with Crippen molar-refractivity contribution in [2.75, 3.05) is 6.61 Å². The van der Waals surface area contributed by atoms with Gasteiger partial charge in [0.25, 0.3) is 5.91 Å². The molecule has 0 aliphatic rings. The summed E-state index contributed by atoms with van der Waals surface area (Å²) in [6, 6.07) is 17.2. The van der Waals surface area contributed by atoms with E-state index in [1.54, 1.807) is 6.07 Å².